The van der Waals surface area contributed by atoms with E-state index in [0.29, 0.717) is 17.7 Å². The molecule has 0 saturated heterocycles. The topological polar surface area (TPSA) is 66.5 Å². The third-order valence-corrected chi connectivity index (χ3v) is 2.49. The summed E-state index contributed by atoms with van der Waals surface area (Å²) in [4.78, 5) is 0. The molecule has 0 radical (unpaired) electrons. The van der Waals surface area contributed by atoms with Gasteiger partial charge < -0.3 is 15.9 Å². The molecule has 0 amide bonds. The zero-order chi connectivity index (χ0) is 11.5. The summed E-state index contributed by atoms with van der Waals surface area (Å²) < 4.78 is 0. The van der Waals surface area contributed by atoms with Crippen molar-refractivity contribution in [3.05, 3.63) is 48.0 Å². The lowest BCUT2D eigenvalue weighted by Crippen LogP contribution is -1.96. The van der Waals surface area contributed by atoms with Crippen molar-refractivity contribution in [1.29, 1.82) is 0 Å². The maximum atomic E-state index is 9.76. The van der Waals surface area contributed by atoms with Crippen molar-refractivity contribution < 1.29 is 10.2 Å². The Morgan fingerprint density at radius 1 is 0.875 bits per heavy atom. The molecule has 3 heteroatoms. The quantitative estimate of drug-likeness (QED) is 0.719. The summed E-state index contributed by atoms with van der Waals surface area (Å²) in [7, 11) is 0. The van der Waals surface area contributed by atoms with Crippen molar-refractivity contribution in [1.82, 2.24) is 0 Å². The van der Waals surface area contributed by atoms with Gasteiger partial charge in [0.2, 0.25) is 0 Å². The number of hydrogen-bond acceptors (Lipinski definition) is 3. The van der Waals surface area contributed by atoms with Crippen LogP contribution in [0.15, 0.2) is 42.5 Å². The predicted octanol–water partition coefficient (Wildman–Crippen LogP) is 2.22. The van der Waals surface area contributed by atoms with Gasteiger partial charge in [0.1, 0.15) is 11.5 Å². The summed E-state index contributed by atoms with van der Waals surface area (Å²) in [5.74, 6) is 0.283. The first-order chi connectivity index (χ1) is 7.72. The van der Waals surface area contributed by atoms with Crippen molar-refractivity contribution in [3.63, 3.8) is 0 Å². The highest BCUT2D eigenvalue weighted by Crippen LogP contribution is 2.35. The second-order valence-electron chi connectivity index (χ2n) is 3.57. The fraction of sp³-hybridized carbons (Fsp3) is 0.0769. The van der Waals surface area contributed by atoms with Crippen molar-refractivity contribution in [2.45, 2.75) is 6.54 Å². The molecular weight excluding hydrogens is 202 g/mol. The molecule has 0 aromatic heterocycles. The molecule has 2 aromatic rings. The minimum Gasteiger partial charge on any atom is -0.507 e. The molecule has 16 heavy (non-hydrogen) atoms. The Morgan fingerprint density at radius 2 is 1.56 bits per heavy atom. The number of rotatable bonds is 2. The van der Waals surface area contributed by atoms with Crippen LogP contribution >= 0.6 is 0 Å². The normalized spacial score (nSPS) is 10.3. The maximum Gasteiger partial charge on any atom is 0.123 e. The van der Waals surface area contributed by atoms with E-state index in [1.54, 1.807) is 36.4 Å². The fourth-order valence-electron chi connectivity index (χ4n) is 1.63. The number of hydrogen-bond donors (Lipinski definition) is 3. The molecule has 2 aromatic carbocycles. The van der Waals surface area contributed by atoms with E-state index in [1.165, 1.54) is 0 Å². The van der Waals surface area contributed by atoms with Crippen LogP contribution in [0.5, 0.6) is 11.5 Å². The summed E-state index contributed by atoms with van der Waals surface area (Å²) in [5.41, 5.74) is 7.66. The number of para-hydroxylation sites is 1. The van der Waals surface area contributed by atoms with Crippen LogP contribution in [0, 0.1) is 0 Å². The lowest BCUT2D eigenvalue weighted by atomic mass is 10.0. The van der Waals surface area contributed by atoms with Crippen LogP contribution in [-0.4, -0.2) is 10.2 Å². The number of nitrogens with two attached hydrogens (primary N) is 1. The molecule has 0 bridgehead atoms. The Hall–Kier alpha value is -2.00. The Balaban J connectivity index is 2.59. The second kappa shape index (κ2) is 4.24. The summed E-state index contributed by atoms with van der Waals surface area (Å²) in [5, 5.41) is 19.5. The average molecular weight is 215 g/mol. The van der Waals surface area contributed by atoms with Gasteiger partial charge >= 0.3 is 0 Å². The van der Waals surface area contributed by atoms with Gasteiger partial charge in [-0.1, -0.05) is 24.3 Å². The largest absolute Gasteiger partial charge is 0.507 e. The molecule has 2 rings (SSSR count). The first-order valence-electron chi connectivity index (χ1n) is 5.02. The lowest BCUT2D eigenvalue weighted by Gasteiger charge is -2.08. The van der Waals surface area contributed by atoms with Gasteiger partial charge in [0.05, 0.1) is 0 Å². The highest BCUT2D eigenvalue weighted by atomic mass is 16.3. The molecule has 0 fully saturated rings. The van der Waals surface area contributed by atoms with Crippen LogP contribution in [0.1, 0.15) is 5.56 Å². The van der Waals surface area contributed by atoms with E-state index in [1.807, 2.05) is 6.07 Å². The minimum atomic E-state index is 0.138. The molecule has 0 spiro atoms. The van der Waals surface area contributed by atoms with E-state index in [9.17, 15) is 10.2 Å². The molecule has 3 nitrogen and oxygen atoms in total. The van der Waals surface area contributed by atoms with Gasteiger partial charge in [-0.2, -0.15) is 0 Å². The summed E-state index contributed by atoms with van der Waals surface area (Å²) in [6.07, 6.45) is 0. The van der Waals surface area contributed by atoms with Crippen LogP contribution in [0.3, 0.4) is 0 Å². The standard InChI is InChI=1S/C13H13NO2/c14-8-9-5-6-13(16)11(7-9)10-3-1-2-4-12(10)15/h1-7,15-16H,8,14H2. The zero-order valence-electron chi connectivity index (χ0n) is 8.72. The van der Waals surface area contributed by atoms with Crippen LogP contribution < -0.4 is 5.73 Å². The van der Waals surface area contributed by atoms with Crippen LogP contribution in [-0.2, 0) is 6.54 Å². The molecule has 0 unspecified atom stereocenters. The first kappa shape index (κ1) is 10.5. The molecule has 0 aliphatic heterocycles. The van der Waals surface area contributed by atoms with E-state index in [2.05, 4.69) is 0 Å². The zero-order valence-corrected chi connectivity index (χ0v) is 8.72. The van der Waals surface area contributed by atoms with Gasteiger partial charge in [0.15, 0.2) is 0 Å². The molecule has 0 heterocycles. The van der Waals surface area contributed by atoms with Crippen LogP contribution in [0.2, 0.25) is 0 Å². The summed E-state index contributed by atoms with van der Waals surface area (Å²) >= 11 is 0. The number of benzene rings is 2. The van der Waals surface area contributed by atoms with E-state index < -0.39 is 0 Å². The molecule has 82 valence electrons. The monoisotopic (exact) mass is 215 g/mol. The molecule has 0 aliphatic rings. The molecular formula is C13H13NO2. The maximum absolute atomic E-state index is 9.76. The van der Waals surface area contributed by atoms with E-state index in [0.717, 1.165) is 5.56 Å². The third-order valence-electron chi connectivity index (χ3n) is 2.49. The van der Waals surface area contributed by atoms with Gasteiger partial charge in [-0.25, -0.2) is 0 Å². The van der Waals surface area contributed by atoms with Crippen LogP contribution in [0.4, 0.5) is 0 Å². The Labute approximate surface area is 93.8 Å². The number of aromatic hydroxyl groups is 2. The average Bonchev–Trinajstić information content (AvgIpc) is 2.31. The molecule has 0 saturated carbocycles. The van der Waals surface area contributed by atoms with Gasteiger partial charge in [-0.05, 0) is 23.8 Å². The number of phenols is 2. The second-order valence-corrected chi connectivity index (χ2v) is 3.57. The Bertz CT molecular complexity index is 509. The SMILES string of the molecule is NCc1ccc(O)c(-c2ccccc2O)c1. The van der Waals surface area contributed by atoms with Crippen molar-refractivity contribution >= 4 is 0 Å². The Kier molecular flexibility index (Phi) is 2.79. The van der Waals surface area contributed by atoms with Gasteiger partial charge in [0.25, 0.3) is 0 Å². The lowest BCUT2D eigenvalue weighted by molar-refractivity contribution is 0.469. The fourth-order valence-corrected chi connectivity index (χ4v) is 1.63. The highest BCUT2D eigenvalue weighted by Gasteiger charge is 2.08. The van der Waals surface area contributed by atoms with Gasteiger partial charge in [0, 0.05) is 17.7 Å². The van der Waals surface area contributed by atoms with Crippen molar-refractivity contribution in [2.75, 3.05) is 0 Å². The summed E-state index contributed by atoms with van der Waals surface area (Å²) in [6, 6.07) is 12.0. The minimum absolute atomic E-state index is 0.138. The van der Waals surface area contributed by atoms with Crippen molar-refractivity contribution in [2.24, 2.45) is 5.73 Å². The predicted molar refractivity (Wildman–Crippen MR) is 63.1 cm³/mol. The van der Waals surface area contributed by atoms with Gasteiger partial charge in [-0.15, -0.1) is 0 Å². The molecule has 0 atom stereocenters. The summed E-state index contributed by atoms with van der Waals surface area (Å²) in [6.45, 7) is 0.404. The highest BCUT2D eigenvalue weighted by molar-refractivity contribution is 5.75. The number of phenolic OH excluding ortho intramolecular Hbond substituents is 2. The third kappa shape index (κ3) is 1.85. The van der Waals surface area contributed by atoms with Gasteiger partial charge in [-0.3, -0.25) is 0 Å². The van der Waals surface area contributed by atoms with Crippen LogP contribution in [0.25, 0.3) is 11.1 Å². The van der Waals surface area contributed by atoms with E-state index in [4.69, 9.17) is 5.73 Å². The smallest absolute Gasteiger partial charge is 0.123 e. The first-order valence-corrected chi connectivity index (χ1v) is 5.02. The van der Waals surface area contributed by atoms with E-state index >= 15 is 0 Å². The Morgan fingerprint density at radius 3 is 2.25 bits per heavy atom. The molecule has 4 N–H and O–H groups in total. The van der Waals surface area contributed by atoms with Crippen molar-refractivity contribution in [3.8, 4) is 22.6 Å². The molecule has 0 aliphatic carbocycles. The van der Waals surface area contributed by atoms with E-state index in [-0.39, 0.29) is 11.5 Å².